The van der Waals surface area contributed by atoms with E-state index in [9.17, 15) is 9.59 Å². The molecule has 0 heterocycles. The second-order valence-corrected chi connectivity index (χ2v) is 5.00. The molecule has 2 unspecified atom stereocenters. The Kier molecular flexibility index (Phi) is 7.63. The van der Waals surface area contributed by atoms with Gasteiger partial charge in [0.15, 0.2) is 11.7 Å². The zero-order valence-electron chi connectivity index (χ0n) is 12.6. The highest BCUT2D eigenvalue weighted by atomic mass is 35.5. The fourth-order valence-electron chi connectivity index (χ4n) is 1.49. The highest BCUT2D eigenvalue weighted by Gasteiger charge is 2.21. The third kappa shape index (κ3) is 6.28. The van der Waals surface area contributed by atoms with Gasteiger partial charge in [-0.1, -0.05) is 36.9 Å². The van der Waals surface area contributed by atoms with Crippen LogP contribution in [-0.2, 0) is 23.8 Å². The first kappa shape index (κ1) is 18.2. The fraction of sp³-hybridized carbons (Fsp3) is 0.375. The molecule has 0 radical (unpaired) electrons. The van der Waals surface area contributed by atoms with E-state index in [0.717, 1.165) is 0 Å². The Hall–Kier alpha value is -1.85. The Morgan fingerprint density at radius 1 is 1.23 bits per heavy atom. The summed E-state index contributed by atoms with van der Waals surface area (Å²) in [4.78, 5) is 23.0. The maximum absolute atomic E-state index is 11.9. The molecule has 0 bridgehead atoms. The smallest absolute Gasteiger partial charge is 0.333 e. The predicted molar refractivity (Wildman–Crippen MR) is 82.3 cm³/mol. The van der Waals surface area contributed by atoms with E-state index < -0.39 is 23.6 Å². The summed E-state index contributed by atoms with van der Waals surface area (Å²) < 4.78 is 15.1. The fourth-order valence-corrected chi connectivity index (χ4v) is 1.68. The average molecular weight is 327 g/mol. The summed E-state index contributed by atoms with van der Waals surface area (Å²) in [6.45, 7) is 6.73. The van der Waals surface area contributed by atoms with Crippen molar-refractivity contribution in [3.8, 4) is 0 Å². The SMILES string of the molecule is C=C(C)C(=O)OCCOC(C)OC(=O)C(Cl)c1ccccc1. The number of benzene rings is 1. The largest absolute Gasteiger partial charge is 0.460 e. The van der Waals surface area contributed by atoms with Crippen LogP contribution in [-0.4, -0.2) is 31.4 Å². The summed E-state index contributed by atoms with van der Waals surface area (Å²) in [5.41, 5.74) is 0.962. The van der Waals surface area contributed by atoms with Crippen LogP contribution in [0.5, 0.6) is 0 Å². The first-order valence-electron chi connectivity index (χ1n) is 6.75. The van der Waals surface area contributed by atoms with Crippen LogP contribution >= 0.6 is 11.6 Å². The standard InChI is InChI=1S/C16H19ClO5/c1-11(2)15(18)21-10-9-20-12(3)22-16(19)14(17)13-7-5-4-6-8-13/h4-8,12,14H,1,9-10H2,2-3H3. The van der Waals surface area contributed by atoms with E-state index >= 15 is 0 Å². The predicted octanol–water partition coefficient (Wildman–Crippen LogP) is 2.99. The molecule has 0 aliphatic heterocycles. The van der Waals surface area contributed by atoms with Crippen molar-refractivity contribution in [1.29, 1.82) is 0 Å². The maximum atomic E-state index is 11.9. The molecule has 0 spiro atoms. The normalized spacial score (nSPS) is 13.0. The summed E-state index contributed by atoms with van der Waals surface area (Å²) in [5.74, 6) is -1.09. The van der Waals surface area contributed by atoms with Gasteiger partial charge in [0.1, 0.15) is 6.61 Å². The highest BCUT2D eigenvalue weighted by molar-refractivity contribution is 6.29. The van der Waals surface area contributed by atoms with E-state index in [4.69, 9.17) is 25.8 Å². The molecular weight excluding hydrogens is 308 g/mol. The first-order valence-corrected chi connectivity index (χ1v) is 7.19. The summed E-state index contributed by atoms with van der Waals surface area (Å²) >= 11 is 6.03. The van der Waals surface area contributed by atoms with Gasteiger partial charge in [-0.15, -0.1) is 11.6 Å². The van der Waals surface area contributed by atoms with E-state index in [0.29, 0.717) is 11.1 Å². The van der Waals surface area contributed by atoms with E-state index in [1.807, 2.05) is 6.07 Å². The topological polar surface area (TPSA) is 61.8 Å². The van der Waals surface area contributed by atoms with Crippen LogP contribution in [0.15, 0.2) is 42.5 Å². The summed E-state index contributed by atoms with van der Waals surface area (Å²) in [6, 6.07) is 8.88. The van der Waals surface area contributed by atoms with E-state index in [2.05, 4.69) is 6.58 Å². The van der Waals surface area contributed by atoms with Gasteiger partial charge in [-0.25, -0.2) is 4.79 Å². The number of carbonyl (C=O) groups excluding carboxylic acids is 2. The van der Waals surface area contributed by atoms with Gasteiger partial charge < -0.3 is 14.2 Å². The van der Waals surface area contributed by atoms with Crippen LogP contribution in [0.25, 0.3) is 0 Å². The number of hydrogen-bond donors (Lipinski definition) is 0. The molecule has 0 amide bonds. The molecule has 120 valence electrons. The van der Waals surface area contributed by atoms with E-state index in [-0.39, 0.29) is 13.2 Å². The number of esters is 2. The minimum absolute atomic E-state index is 0.0522. The summed E-state index contributed by atoms with van der Waals surface area (Å²) in [7, 11) is 0. The van der Waals surface area contributed by atoms with Gasteiger partial charge in [-0.05, 0) is 19.4 Å². The third-order valence-electron chi connectivity index (χ3n) is 2.60. The molecule has 0 aliphatic carbocycles. The Morgan fingerprint density at radius 3 is 2.45 bits per heavy atom. The van der Waals surface area contributed by atoms with Gasteiger partial charge in [0.05, 0.1) is 6.61 Å². The minimum Gasteiger partial charge on any atom is -0.460 e. The molecule has 0 fully saturated rings. The molecule has 0 N–H and O–H groups in total. The van der Waals surface area contributed by atoms with Gasteiger partial charge in [0, 0.05) is 5.57 Å². The quantitative estimate of drug-likeness (QED) is 0.242. The summed E-state index contributed by atoms with van der Waals surface area (Å²) in [5, 5.41) is -0.895. The Balaban J connectivity index is 2.29. The second kappa shape index (κ2) is 9.23. The van der Waals surface area contributed by atoms with Crippen molar-refractivity contribution in [2.45, 2.75) is 25.5 Å². The lowest BCUT2D eigenvalue weighted by atomic mass is 10.1. The molecular formula is C16H19ClO5. The lowest BCUT2D eigenvalue weighted by Crippen LogP contribution is -2.23. The van der Waals surface area contributed by atoms with Crippen molar-refractivity contribution in [3.63, 3.8) is 0 Å². The summed E-state index contributed by atoms with van der Waals surface area (Å²) in [6.07, 6.45) is -0.791. The lowest BCUT2D eigenvalue weighted by molar-refractivity contribution is -0.178. The van der Waals surface area contributed by atoms with Crippen molar-refractivity contribution in [2.24, 2.45) is 0 Å². The van der Waals surface area contributed by atoms with E-state index in [1.165, 1.54) is 0 Å². The van der Waals surface area contributed by atoms with Crippen LogP contribution in [0.2, 0.25) is 0 Å². The van der Waals surface area contributed by atoms with Crippen LogP contribution < -0.4 is 0 Å². The second-order valence-electron chi connectivity index (χ2n) is 4.56. The molecule has 2 atom stereocenters. The molecule has 5 nitrogen and oxygen atoms in total. The van der Waals surface area contributed by atoms with Crippen molar-refractivity contribution < 1.29 is 23.8 Å². The number of hydrogen-bond acceptors (Lipinski definition) is 5. The monoisotopic (exact) mass is 326 g/mol. The van der Waals surface area contributed by atoms with Gasteiger partial charge in [0.2, 0.25) is 0 Å². The number of rotatable bonds is 8. The van der Waals surface area contributed by atoms with Gasteiger partial charge >= 0.3 is 11.9 Å². The van der Waals surface area contributed by atoms with Crippen LogP contribution in [0.4, 0.5) is 0 Å². The van der Waals surface area contributed by atoms with Crippen LogP contribution in [0, 0.1) is 0 Å². The number of ether oxygens (including phenoxy) is 3. The molecule has 1 aromatic rings. The van der Waals surface area contributed by atoms with Crippen molar-refractivity contribution in [2.75, 3.05) is 13.2 Å². The highest BCUT2D eigenvalue weighted by Crippen LogP contribution is 2.22. The van der Waals surface area contributed by atoms with Crippen molar-refractivity contribution in [1.82, 2.24) is 0 Å². The third-order valence-corrected chi connectivity index (χ3v) is 3.03. The zero-order chi connectivity index (χ0) is 16.5. The van der Waals surface area contributed by atoms with Gasteiger partial charge in [0.25, 0.3) is 0 Å². The zero-order valence-corrected chi connectivity index (χ0v) is 13.3. The Bertz CT molecular complexity index is 515. The number of carbonyl (C=O) groups is 2. The van der Waals surface area contributed by atoms with E-state index in [1.54, 1.807) is 38.1 Å². The molecule has 1 rings (SSSR count). The van der Waals surface area contributed by atoms with Gasteiger partial charge in [-0.2, -0.15) is 0 Å². The molecule has 1 aromatic carbocycles. The molecule has 0 aliphatic rings. The molecule has 0 saturated heterocycles. The number of alkyl halides is 1. The lowest BCUT2D eigenvalue weighted by Gasteiger charge is -2.16. The minimum atomic E-state index is -0.895. The Morgan fingerprint density at radius 2 is 1.86 bits per heavy atom. The molecule has 0 saturated carbocycles. The molecule has 6 heteroatoms. The maximum Gasteiger partial charge on any atom is 0.333 e. The molecule has 0 aromatic heterocycles. The van der Waals surface area contributed by atoms with Crippen molar-refractivity contribution >= 4 is 23.5 Å². The number of halogens is 1. The van der Waals surface area contributed by atoms with Gasteiger partial charge in [-0.3, -0.25) is 4.79 Å². The van der Waals surface area contributed by atoms with Crippen molar-refractivity contribution in [3.05, 3.63) is 48.0 Å². The van der Waals surface area contributed by atoms with Crippen LogP contribution in [0.1, 0.15) is 24.8 Å². The Labute approximate surface area is 134 Å². The first-order chi connectivity index (χ1) is 10.4. The average Bonchev–Trinajstić information content (AvgIpc) is 2.51. The van der Waals surface area contributed by atoms with Crippen LogP contribution in [0.3, 0.4) is 0 Å². The molecule has 22 heavy (non-hydrogen) atoms.